The predicted molar refractivity (Wildman–Crippen MR) is 55.6 cm³/mol. The Morgan fingerprint density at radius 2 is 1.59 bits per heavy atom. The predicted octanol–water partition coefficient (Wildman–Crippen LogP) is 2.67. The molecule has 0 fully saturated rings. The van der Waals surface area contributed by atoms with Crippen LogP contribution in [0.2, 0.25) is 0 Å². The van der Waals surface area contributed by atoms with E-state index in [9.17, 15) is 22.7 Å². The van der Waals surface area contributed by atoms with E-state index in [-0.39, 0.29) is 18.5 Å². The maximum atomic E-state index is 13.2. The maximum Gasteiger partial charge on any atom is 0.185 e. The molecule has 2 nitrogen and oxygen atoms in total. The molecule has 1 rings (SSSR count). The normalized spacial score (nSPS) is 12.9. The first kappa shape index (κ1) is 13.8. The number of rotatable bonds is 4. The molecule has 0 amide bonds. The Morgan fingerprint density at radius 1 is 1.12 bits per heavy atom. The molecule has 0 heterocycles. The fourth-order valence-electron chi connectivity index (χ4n) is 1.17. The van der Waals surface area contributed by atoms with Gasteiger partial charge in [-0.3, -0.25) is 0 Å². The van der Waals surface area contributed by atoms with E-state index >= 15 is 0 Å². The second kappa shape index (κ2) is 5.35. The summed E-state index contributed by atoms with van der Waals surface area (Å²) in [6.07, 6.45) is -0.875. The van der Waals surface area contributed by atoms with Crippen molar-refractivity contribution in [3.63, 3.8) is 0 Å². The van der Waals surface area contributed by atoms with Gasteiger partial charge in [0.15, 0.2) is 23.3 Å². The molecule has 0 spiro atoms. The topological polar surface area (TPSA) is 32.3 Å². The lowest BCUT2D eigenvalue weighted by Gasteiger charge is -2.16. The molecule has 96 valence electrons. The largest absolute Gasteiger partial charge is 0.391 e. The van der Waals surface area contributed by atoms with Gasteiger partial charge in [-0.25, -0.2) is 17.6 Å². The second-order valence-electron chi connectivity index (χ2n) is 4.04. The Bertz CT molecular complexity index is 383. The van der Waals surface area contributed by atoms with Gasteiger partial charge in [-0.1, -0.05) is 13.8 Å². The summed E-state index contributed by atoms with van der Waals surface area (Å²) in [6.45, 7) is 3.20. The number of anilines is 1. The first-order valence-electron chi connectivity index (χ1n) is 5.09. The smallest absolute Gasteiger partial charge is 0.185 e. The van der Waals surface area contributed by atoms with E-state index in [1.54, 1.807) is 13.8 Å². The Balaban J connectivity index is 2.91. The first-order valence-corrected chi connectivity index (χ1v) is 5.09. The SMILES string of the molecule is CC(C)C(O)CNc1c(F)c(F)cc(F)c1F. The third-order valence-corrected chi connectivity index (χ3v) is 2.37. The number of aliphatic hydroxyl groups is 1. The third kappa shape index (κ3) is 3.09. The van der Waals surface area contributed by atoms with Crippen LogP contribution < -0.4 is 5.32 Å². The summed E-state index contributed by atoms with van der Waals surface area (Å²) in [7, 11) is 0. The molecular weight excluding hydrogens is 238 g/mol. The van der Waals surface area contributed by atoms with Crippen molar-refractivity contribution in [3.8, 4) is 0 Å². The average Bonchev–Trinajstić information content (AvgIpc) is 2.26. The fourth-order valence-corrected chi connectivity index (χ4v) is 1.17. The van der Waals surface area contributed by atoms with Crippen molar-refractivity contribution in [1.29, 1.82) is 0 Å². The van der Waals surface area contributed by atoms with E-state index in [4.69, 9.17) is 0 Å². The molecular formula is C11H13F4NO. The highest BCUT2D eigenvalue weighted by Gasteiger charge is 2.20. The summed E-state index contributed by atoms with van der Waals surface area (Å²) in [6, 6.07) is 0.134. The molecule has 0 bridgehead atoms. The number of aliphatic hydroxyl groups excluding tert-OH is 1. The molecule has 0 aliphatic rings. The number of hydrogen-bond donors (Lipinski definition) is 2. The van der Waals surface area contributed by atoms with Crippen molar-refractivity contribution in [3.05, 3.63) is 29.3 Å². The zero-order valence-electron chi connectivity index (χ0n) is 9.40. The molecule has 2 N–H and O–H groups in total. The highest BCUT2D eigenvalue weighted by Crippen LogP contribution is 2.24. The molecule has 1 aromatic rings. The summed E-state index contributed by atoms with van der Waals surface area (Å²) in [4.78, 5) is 0. The van der Waals surface area contributed by atoms with Crippen LogP contribution in [-0.2, 0) is 0 Å². The van der Waals surface area contributed by atoms with Gasteiger partial charge >= 0.3 is 0 Å². The van der Waals surface area contributed by atoms with E-state index in [2.05, 4.69) is 5.32 Å². The van der Waals surface area contributed by atoms with Gasteiger partial charge in [0.25, 0.3) is 0 Å². The van der Waals surface area contributed by atoms with E-state index in [0.29, 0.717) is 0 Å². The molecule has 6 heteroatoms. The van der Waals surface area contributed by atoms with E-state index in [1.807, 2.05) is 0 Å². The maximum absolute atomic E-state index is 13.2. The fraction of sp³-hybridized carbons (Fsp3) is 0.455. The number of nitrogens with one attached hydrogen (secondary N) is 1. The van der Waals surface area contributed by atoms with Gasteiger partial charge in [-0.15, -0.1) is 0 Å². The molecule has 1 atom stereocenters. The van der Waals surface area contributed by atoms with Gasteiger partial charge in [-0.05, 0) is 5.92 Å². The molecule has 0 saturated carbocycles. The standard InChI is InChI=1S/C11H13F4NO/c1-5(2)8(17)4-16-11-9(14)6(12)3-7(13)10(11)15/h3,5,8,16-17H,4H2,1-2H3. The van der Waals surface area contributed by atoms with Crippen molar-refractivity contribution in [2.75, 3.05) is 11.9 Å². The van der Waals surface area contributed by atoms with Gasteiger partial charge in [0.1, 0.15) is 5.69 Å². The van der Waals surface area contributed by atoms with Crippen LogP contribution in [0.15, 0.2) is 6.07 Å². The van der Waals surface area contributed by atoms with Crippen molar-refractivity contribution >= 4 is 5.69 Å². The van der Waals surface area contributed by atoms with Crippen molar-refractivity contribution in [1.82, 2.24) is 0 Å². The van der Waals surface area contributed by atoms with Crippen LogP contribution >= 0.6 is 0 Å². The van der Waals surface area contributed by atoms with Crippen LogP contribution in [0.5, 0.6) is 0 Å². The molecule has 17 heavy (non-hydrogen) atoms. The summed E-state index contributed by atoms with van der Waals surface area (Å²) in [5.74, 6) is -6.11. The number of benzene rings is 1. The minimum Gasteiger partial charge on any atom is -0.391 e. The lowest BCUT2D eigenvalue weighted by Crippen LogP contribution is -2.25. The first-order chi connectivity index (χ1) is 7.84. The van der Waals surface area contributed by atoms with Crippen LogP contribution in [0, 0.1) is 29.2 Å². The zero-order valence-corrected chi connectivity index (χ0v) is 9.40. The van der Waals surface area contributed by atoms with E-state index in [1.165, 1.54) is 0 Å². The quantitative estimate of drug-likeness (QED) is 0.637. The van der Waals surface area contributed by atoms with Crippen LogP contribution in [0.3, 0.4) is 0 Å². The average molecular weight is 251 g/mol. The van der Waals surface area contributed by atoms with Gasteiger partial charge in [0.2, 0.25) is 0 Å². The van der Waals surface area contributed by atoms with Crippen LogP contribution in [-0.4, -0.2) is 17.8 Å². The summed E-state index contributed by atoms with van der Waals surface area (Å²) in [5, 5.41) is 11.6. The van der Waals surface area contributed by atoms with E-state index in [0.717, 1.165) is 0 Å². The highest BCUT2D eigenvalue weighted by atomic mass is 19.2. The molecule has 0 aromatic heterocycles. The summed E-state index contributed by atoms with van der Waals surface area (Å²) >= 11 is 0. The van der Waals surface area contributed by atoms with Gasteiger partial charge in [0, 0.05) is 12.6 Å². The number of hydrogen-bond acceptors (Lipinski definition) is 2. The monoisotopic (exact) mass is 251 g/mol. The second-order valence-corrected chi connectivity index (χ2v) is 4.04. The Labute approximate surface area is 96.3 Å². The molecule has 0 aliphatic heterocycles. The van der Waals surface area contributed by atoms with Crippen molar-refractivity contribution in [2.45, 2.75) is 20.0 Å². The Kier molecular flexibility index (Phi) is 4.34. The van der Waals surface area contributed by atoms with Gasteiger partial charge in [0.05, 0.1) is 6.10 Å². The van der Waals surface area contributed by atoms with E-state index < -0.39 is 35.1 Å². The number of halogens is 4. The Hall–Kier alpha value is -1.30. The lowest BCUT2D eigenvalue weighted by atomic mass is 10.1. The van der Waals surface area contributed by atoms with Crippen molar-refractivity contribution in [2.24, 2.45) is 5.92 Å². The van der Waals surface area contributed by atoms with Gasteiger partial charge in [-0.2, -0.15) is 0 Å². The minimum atomic E-state index is -1.50. The summed E-state index contributed by atoms with van der Waals surface area (Å²) in [5.41, 5.74) is -0.901. The summed E-state index contributed by atoms with van der Waals surface area (Å²) < 4.78 is 52.0. The van der Waals surface area contributed by atoms with Crippen LogP contribution in [0.1, 0.15) is 13.8 Å². The molecule has 1 aromatic carbocycles. The molecule has 0 radical (unpaired) electrons. The van der Waals surface area contributed by atoms with Gasteiger partial charge < -0.3 is 10.4 Å². The van der Waals surface area contributed by atoms with Crippen molar-refractivity contribution < 1.29 is 22.7 Å². The lowest BCUT2D eigenvalue weighted by molar-refractivity contribution is 0.137. The zero-order chi connectivity index (χ0) is 13.2. The minimum absolute atomic E-state index is 0.134. The Morgan fingerprint density at radius 3 is 2.00 bits per heavy atom. The molecule has 0 aliphatic carbocycles. The molecule has 0 saturated heterocycles. The molecule has 1 unspecified atom stereocenters. The van der Waals surface area contributed by atoms with Crippen LogP contribution in [0.4, 0.5) is 23.2 Å². The highest BCUT2D eigenvalue weighted by molar-refractivity contribution is 5.47. The van der Waals surface area contributed by atoms with Crippen LogP contribution in [0.25, 0.3) is 0 Å². The third-order valence-electron chi connectivity index (χ3n) is 2.37.